The molecule has 88 valence electrons. The maximum Gasteiger partial charge on any atom is 0.330 e. The van der Waals surface area contributed by atoms with Gasteiger partial charge in [-0.05, 0) is 6.08 Å². The van der Waals surface area contributed by atoms with Gasteiger partial charge in [-0.15, -0.1) is 0 Å². The monoisotopic (exact) mass is 236 g/mol. The van der Waals surface area contributed by atoms with Gasteiger partial charge in [0.2, 0.25) is 0 Å². The third-order valence-corrected chi connectivity index (χ3v) is 1.38. The molecule has 9 heteroatoms. The minimum Gasteiger partial charge on any atom is -0.259 e. The van der Waals surface area contributed by atoms with Gasteiger partial charge in [0.05, 0.1) is 0 Å². The molecule has 0 aliphatic carbocycles. The fourth-order valence-electron chi connectivity index (χ4n) is 0.757. The van der Waals surface area contributed by atoms with Crippen molar-refractivity contribution < 1.29 is 0 Å². The van der Waals surface area contributed by atoms with Crippen molar-refractivity contribution in [1.82, 2.24) is 29.9 Å². The van der Waals surface area contributed by atoms with Crippen molar-refractivity contribution in [2.75, 3.05) is 0 Å². The highest BCUT2D eigenvalue weighted by Gasteiger charge is 1.85. The molecule has 2 heterocycles. The van der Waals surface area contributed by atoms with Crippen LogP contribution in [-0.2, 0) is 0 Å². The van der Waals surface area contributed by atoms with Crippen molar-refractivity contribution in [2.45, 2.75) is 0 Å². The summed E-state index contributed by atoms with van der Waals surface area (Å²) >= 11 is 0. The third kappa shape index (κ3) is 4.46. The van der Waals surface area contributed by atoms with Crippen LogP contribution in [0.3, 0.4) is 0 Å². The van der Waals surface area contributed by atoms with Crippen LogP contribution in [0.2, 0.25) is 0 Å². The second-order valence-corrected chi connectivity index (χ2v) is 2.56. The number of nitrogens with zero attached hydrogens (tertiary/aromatic N) is 3. The first-order valence-electron chi connectivity index (χ1n) is 4.29. The summed E-state index contributed by atoms with van der Waals surface area (Å²) in [5.74, 6) is 0.611. The van der Waals surface area contributed by atoms with Crippen LogP contribution in [0.4, 0.5) is 0 Å². The van der Waals surface area contributed by atoms with E-state index < -0.39 is 17.1 Å². The van der Waals surface area contributed by atoms with Gasteiger partial charge in [-0.25, -0.2) is 29.3 Å². The molecule has 2 aromatic heterocycles. The van der Waals surface area contributed by atoms with Gasteiger partial charge in [-0.1, -0.05) is 6.58 Å². The molecule has 0 atom stereocenters. The lowest BCUT2D eigenvalue weighted by Crippen LogP contribution is -2.34. The lowest BCUT2D eigenvalue weighted by molar-refractivity contribution is 0.888. The number of rotatable bonds is 1. The summed E-state index contributed by atoms with van der Waals surface area (Å²) in [6.07, 6.45) is 4.44. The molecule has 0 spiro atoms. The van der Waals surface area contributed by atoms with Gasteiger partial charge in [0.1, 0.15) is 12.7 Å². The van der Waals surface area contributed by atoms with Crippen LogP contribution in [0.5, 0.6) is 0 Å². The van der Waals surface area contributed by atoms with Crippen molar-refractivity contribution in [2.24, 2.45) is 0 Å². The zero-order chi connectivity index (χ0) is 12.7. The van der Waals surface area contributed by atoms with Gasteiger partial charge < -0.3 is 0 Å². The average molecular weight is 236 g/mol. The molecule has 0 amide bonds. The molecular formula is C8H8N6O3. The predicted octanol–water partition coefficient (Wildman–Crippen LogP) is -1.73. The van der Waals surface area contributed by atoms with Gasteiger partial charge in [-0.3, -0.25) is 15.0 Å². The Morgan fingerprint density at radius 3 is 1.65 bits per heavy atom. The van der Waals surface area contributed by atoms with Gasteiger partial charge in [0, 0.05) is 0 Å². The van der Waals surface area contributed by atoms with E-state index in [1.54, 1.807) is 21.0 Å². The third-order valence-electron chi connectivity index (χ3n) is 1.38. The van der Waals surface area contributed by atoms with Crippen LogP contribution in [0.25, 0.3) is 6.08 Å². The molecular weight excluding hydrogens is 228 g/mol. The smallest absolute Gasteiger partial charge is 0.259 e. The molecule has 3 N–H and O–H groups in total. The number of nitrogens with one attached hydrogen (secondary N) is 3. The second kappa shape index (κ2) is 5.90. The number of H-pyrrole nitrogens is 3. The van der Waals surface area contributed by atoms with Crippen molar-refractivity contribution in [3.8, 4) is 0 Å². The molecule has 0 aromatic carbocycles. The van der Waals surface area contributed by atoms with Gasteiger partial charge in [0.25, 0.3) is 0 Å². The van der Waals surface area contributed by atoms with E-state index in [1.807, 2.05) is 0 Å². The van der Waals surface area contributed by atoms with Crippen LogP contribution in [0.15, 0.2) is 33.6 Å². The van der Waals surface area contributed by atoms with Crippen molar-refractivity contribution >= 4 is 6.08 Å². The van der Waals surface area contributed by atoms with E-state index in [1.165, 1.54) is 12.7 Å². The molecule has 0 aliphatic rings. The van der Waals surface area contributed by atoms with Gasteiger partial charge in [0.15, 0.2) is 5.82 Å². The van der Waals surface area contributed by atoms with Crippen molar-refractivity contribution in [3.63, 3.8) is 0 Å². The van der Waals surface area contributed by atoms with E-state index in [0.717, 1.165) is 0 Å². The number of aromatic nitrogens is 6. The quantitative estimate of drug-likeness (QED) is 0.537. The molecule has 0 bridgehead atoms. The summed E-state index contributed by atoms with van der Waals surface area (Å²) < 4.78 is 0. The Bertz CT molecular complexity index is 562. The maximum atomic E-state index is 10.2. The first-order chi connectivity index (χ1) is 8.11. The summed E-state index contributed by atoms with van der Waals surface area (Å²) in [6, 6.07) is 0. The summed E-state index contributed by atoms with van der Waals surface area (Å²) in [4.78, 5) is 47.0. The Balaban J connectivity index is 0.000000171. The van der Waals surface area contributed by atoms with E-state index in [0.29, 0.717) is 5.82 Å². The first kappa shape index (κ1) is 12.2. The highest BCUT2D eigenvalue weighted by molar-refractivity contribution is 5.33. The molecule has 0 saturated heterocycles. The highest BCUT2D eigenvalue weighted by Crippen LogP contribution is 1.82. The van der Waals surface area contributed by atoms with E-state index in [4.69, 9.17) is 0 Å². The van der Waals surface area contributed by atoms with Crippen molar-refractivity contribution in [3.05, 3.63) is 56.5 Å². The lowest BCUT2D eigenvalue weighted by atomic mass is 10.6. The largest absolute Gasteiger partial charge is 0.330 e. The van der Waals surface area contributed by atoms with Crippen LogP contribution in [-0.4, -0.2) is 29.9 Å². The standard InChI is InChI=1S/C5H5N3.C3H3N3O3/c1-2-5-7-3-6-4-8-5;7-1-4-2(8)6-3(9)5-1/h2-4H,1H2;(H3,4,5,6,7,8,9). The highest BCUT2D eigenvalue weighted by atomic mass is 16.2. The summed E-state index contributed by atoms with van der Waals surface area (Å²) in [7, 11) is 0. The number of aromatic amines is 3. The van der Waals surface area contributed by atoms with Gasteiger partial charge >= 0.3 is 17.1 Å². The van der Waals surface area contributed by atoms with E-state index in [-0.39, 0.29) is 0 Å². The van der Waals surface area contributed by atoms with E-state index >= 15 is 0 Å². The molecule has 0 fully saturated rings. The van der Waals surface area contributed by atoms with E-state index in [9.17, 15) is 14.4 Å². The van der Waals surface area contributed by atoms with Crippen LogP contribution in [0, 0.1) is 0 Å². The van der Waals surface area contributed by atoms with Crippen molar-refractivity contribution in [1.29, 1.82) is 0 Å². The Morgan fingerprint density at radius 2 is 1.35 bits per heavy atom. The minimum atomic E-state index is -0.802. The summed E-state index contributed by atoms with van der Waals surface area (Å²) in [5.41, 5.74) is -2.41. The molecule has 2 aromatic rings. The fourth-order valence-corrected chi connectivity index (χ4v) is 0.757. The normalized spacial score (nSPS) is 8.94. The summed E-state index contributed by atoms with van der Waals surface area (Å²) in [6.45, 7) is 3.48. The van der Waals surface area contributed by atoms with Gasteiger partial charge in [-0.2, -0.15) is 0 Å². The Morgan fingerprint density at radius 1 is 0.941 bits per heavy atom. The lowest BCUT2D eigenvalue weighted by Gasteiger charge is -1.83. The van der Waals surface area contributed by atoms with Crippen LogP contribution >= 0.6 is 0 Å². The Hall–Kier alpha value is -2.84. The SMILES string of the molecule is C=Cc1ncncn1.O=c1[nH]c(=O)[nH]c(=O)[nH]1. The zero-order valence-corrected chi connectivity index (χ0v) is 8.51. The molecule has 17 heavy (non-hydrogen) atoms. The fraction of sp³-hybridized carbons (Fsp3) is 0. The molecule has 0 aliphatic heterocycles. The maximum absolute atomic E-state index is 10.2. The first-order valence-corrected chi connectivity index (χ1v) is 4.29. The number of hydrogen-bond acceptors (Lipinski definition) is 6. The Kier molecular flexibility index (Phi) is 4.25. The molecule has 9 nitrogen and oxygen atoms in total. The minimum absolute atomic E-state index is 0.611. The molecule has 0 unspecified atom stereocenters. The summed E-state index contributed by atoms with van der Waals surface area (Å²) in [5, 5.41) is 0. The Labute approximate surface area is 93.3 Å². The topological polar surface area (TPSA) is 137 Å². The molecule has 0 radical (unpaired) electrons. The number of hydrogen-bond donors (Lipinski definition) is 3. The van der Waals surface area contributed by atoms with E-state index in [2.05, 4.69) is 21.5 Å². The second-order valence-electron chi connectivity index (χ2n) is 2.56. The molecule has 2 rings (SSSR count). The predicted molar refractivity (Wildman–Crippen MR) is 58.2 cm³/mol. The molecule has 0 saturated carbocycles. The van der Waals surface area contributed by atoms with Crippen LogP contribution < -0.4 is 17.1 Å². The zero-order valence-electron chi connectivity index (χ0n) is 8.51. The van der Waals surface area contributed by atoms with Crippen LogP contribution in [0.1, 0.15) is 5.82 Å². The average Bonchev–Trinajstić information content (AvgIpc) is 2.29.